The lowest BCUT2D eigenvalue weighted by atomic mass is 10.1. The molecule has 0 bridgehead atoms. The first-order chi connectivity index (χ1) is 13.5. The van der Waals surface area contributed by atoms with Crippen molar-refractivity contribution in [1.29, 1.82) is 0 Å². The van der Waals surface area contributed by atoms with Crippen molar-refractivity contribution in [3.8, 4) is 5.75 Å². The maximum Gasteiger partial charge on any atom is 0.363 e. The van der Waals surface area contributed by atoms with E-state index in [-0.39, 0.29) is 12.3 Å². The largest absolute Gasteiger partial charge is 0.462 e. The summed E-state index contributed by atoms with van der Waals surface area (Å²) in [5, 5.41) is 0.679. The molecular formula is C21H19N3O4. The molecule has 0 saturated carbocycles. The number of esters is 2. The van der Waals surface area contributed by atoms with Gasteiger partial charge in [-0.2, -0.15) is 0 Å². The van der Waals surface area contributed by atoms with Crippen molar-refractivity contribution < 1.29 is 19.1 Å². The van der Waals surface area contributed by atoms with Gasteiger partial charge in [0, 0.05) is 36.0 Å². The van der Waals surface area contributed by atoms with E-state index in [1.807, 2.05) is 42.9 Å². The second-order valence-electron chi connectivity index (χ2n) is 6.40. The average molecular weight is 377 g/mol. The number of nitrogens with zero attached hydrogens (tertiary/aromatic N) is 3. The van der Waals surface area contributed by atoms with Crippen molar-refractivity contribution in [3.63, 3.8) is 0 Å². The molecule has 4 aromatic rings. The zero-order valence-corrected chi connectivity index (χ0v) is 15.8. The molecule has 0 unspecified atom stereocenters. The minimum Gasteiger partial charge on any atom is -0.462 e. The molecule has 0 fully saturated rings. The molecule has 0 N–H and O–H groups in total. The number of carbonyl (C=O) groups is 2. The fourth-order valence-electron chi connectivity index (χ4n) is 3.27. The van der Waals surface area contributed by atoms with Gasteiger partial charge < -0.3 is 18.4 Å². The molecule has 7 heteroatoms. The topological polar surface area (TPSA) is 74.8 Å². The second-order valence-corrected chi connectivity index (χ2v) is 6.40. The van der Waals surface area contributed by atoms with Crippen LogP contribution in [-0.2, 0) is 11.8 Å². The maximum absolute atomic E-state index is 12.5. The zero-order chi connectivity index (χ0) is 19.8. The highest BCUT2D eigenvalue weighted by atomic mass is 16.5. The van der Waals surface area contributed by atoms with E-state index >= 15 is 0 Å². The standard InChI is InChI=1S/C21H19N3O4/c1-4-27-21(26)19-13(2)23(3)17-9-8-14(11-15(17)19)28-20(25)16-12-24-10-6-5-7-18(24)22-16/h5-12H,4H2,1-3H3. The van der Waals surface area contributed by atoms with Gasteiger partial charge in [0.1, 0.15) is 11.4 Å². The van der Waals surface area contributed by atoms with E-state index in [1.54, 1.807) is 35.7 Å². The summed E-state index contributed by atoms with van der Waals surface area (Å²) in [4.78, 5) is 29.2. The van der Waals surface area contributed by atoms with Gasteiger partial charge in [-0.15, -0.1) is 0 Å². The molecule has 0 aliphatic rings. The highest BCUT2D eigenvalue weighted by Gasteiger charge is 2.21. The van der Waals surface area contributed by atoms with Crippen LogP contribution in [0.25, 0.3) is 16.6 Å². The van der Waals surface area contributed by atoms with Crippen LogP contribution in [0, 0.1) is 6.92 Å². The lowest BCUT2D eigenvalue weighted by Gasteiger charge is -2.04. The number of ether oxygens (including phenoxy) is 2. The smallest absolute Gasteiger partial charge is 0.363 e. The number of benzene rings is 1. The quantitative estimate of drug-likeness (QED) is 0.402. The Morgan fingerprint density at radius 1 is 1.14 bits per heavy atom. The van der Waals surface area contributed by atoms with Gasteiger partial charge in [-0.05, 0) is 44.2 Å². The predicted octanol–water partition coefficient (Wildman–Crippen LogP) is 3.53. The average Bonchev–Trinajstić information content (AvgIpc) is 3.22. The Morgan fingerprint density at radius 3 is 2.71 bits per heavy atom. The summed E-state index contributed by atoms with van der Waals surface area (Å²) in [6, 6.07) is 10.7. The maximum atomic E-state index is 12.5. The third kappa shape index (κ3) is 2.90. The zero-order valence-electron chi connectivity index (χ0n) is 15.8. The van der Waals surface area contributed by atoms with Crippen molar-refractivity contribution in [3.05, 3.63) is 65.7 Å². The molecule has 0 saturated heterocycles. The first kappa shape index (κ1) is 17.8. The molecule has 3 aromatic heterocycles. The molecule has 0 aliphatic carbocycles. The SMILES string of the molecule is CCOC(=O)c1c(C)n(C)c2ccc(OC(=O)c3cn4ccccc4n3)cc12. The molecule has 0 radical (unpaired) electrons. The van der Waals surface area contributed by atoms with Crippen molar-refractivity contribution in [2.45, 2.75) is 13.8 Å². The number of hydrogen-bond donors (Lipinski definition) is 0. The number of pyridine rings is 1. The van der Waals surface area contributed by atoms with Crippen molar-refractivity contribution in [2.24, 2.45) is 7.05 Å². The van der Waals surface area contributed by atoms with Gasteiger partial charge in [-0.1, -0.05) is 6.07 Å². The van der Waals surface area contributed by atoms with Crippen molar-refractivity contribution in [2.75, 3.05) is 6.61 Å². The van der Waals surface area contributed by atoms with Crippen LogP contribution in [0.2, 0.25) is 0 Å². The van der Waals surface area contributed by atoms with E-state index in [2.05, 4.69) is 4.98 Å². The highest BCUT2D eigenvalue weighted by Crippen LogP contribution is 2.29. The van der Waals surface area contributed by atoms with E-state index in [1.165, 1.54) is 0 Å². The molecule has 7 nitrogen and oxygen atoms in total. The Kier molecular flexibility index (Phi) is 4.35. The van der Waals surface area contributed by atoms with Gasteiger partial charge in [0.2, 0.25) is 0 Å². The van der Waals surface area contributed by atoms with E-state index in [4.69, 9.17) is 9.47 Å². The van der Waals surface area contributed by atoms with Gasteiger partial charge in [0.15, 0.2) is 5.69 Å². The van der Waals surface area contributed by atoms with E-state index in [0.717, 1.165) is 11.2 Å². The van der Waals surface area contributed by atoms with Crippen LogP contribution in [0.4, 0.5) is 0 Å². The third-order valence-electron chi connectivity index (χ3n) is 4.73. The van der Waals surface area contributed by atoms with Crippen LogP contribution in [0.5, 0.6) is 5.75 Å². The van der Waals surface area contributed by atoms with Gasteiger partial charge in [0.05, 0.1) is 12.2 Å². The number of hydrogen-bond acceptors (Lipinski definition) is 5. The summed E-state index contributed by atoms with van der Waals surface area (Å²) in [5.41, 5.74) is 2.99. The summed E-state index contributed by atoms with van der Waals surface area (Å²) < 4.78 is 14.3. The third-order valence-corrected chi connectivity index (χ3v) is 4.73. The number of fused-ring (bicyclic) bond motifs is 2. The van der Waals surface area contributed by atoms with Crippen LogP contribution >= 0.6 is 0 Å². The summed E-state index contributed by atoms with van der Waals surface area (Å²) in [7, 11) is 1.88. The second kappa shape index (κ2) is 6.84. The predicted molar refractivity (Wildman–Crippen MR) is 104 cm³/mol. The van der Waals surface area contributed by atoms with Crippen LogP contribution < -0.4 is 4.74 Å². The summed E-state index contributed by atoms with van der Waals surface area (Å²) >= 11 is 0. The van der Waals surface area contributed by atoms with Crippen LogP contribution in [0.15, 0.2) is 48.8 Å². The Morgan fingerprint density at radius 2 is 1.96 bits per heavy atom. The summed E-state index contributed by atoms with van der Waals surface area (Å²) in [5.74, 6) is -0.617. The van der Waals surface area contributed by atoms with Crippen molar-refractivity contribution >= 4 is 28.5 Å². The highest BCUT2D eigenvalue weighted by molar-refractivity contribution is 6.06. The van der Waals surface area contributed by atoms with Crippen molar-refractivity contribution in [1.82, 2.24) is 14.0 Å². The number of imidazole rings is 1. The Hall–Kier alpha value is -3.61. The normalized spacial score (nSPS) is 11.1. The molecule has 0 aliphatic heterocycles. The minimum atomic E-state index is -0.562. The monoisotopic (exact) mass is 377 g/mol. The fraction of sp³-hybridized carbons (Fsp3) is 0.190. The number of aromatic nitrogens is 3. The molecule has 0 atom stereocenters. The number of carbonyl (C=O) groups excluding carboxylic acids is 2. The van der Waals surface area contributed by atoms with Crippen LogP contribution in [0.1, 0.15) is 33.5 Å². The molecule has 3 heterocycles. The molecule has 28 heavy (non-hydrogen) atoms. The van der Waals surface area contributed by atoms with Gasteiger partial charge in [0.25, 0.3) is 0 Å². The van der Waals surface area contributed by atoms with E-state index in [0.29, 0.717) is 22.3 Å². The summed E-state index contributed by atoms with van der Waals surface area (Å²) in [6.07, 6.45) is 3.43. The van der Waals surface area contributed by atoms with Gasteiger partial charge in [-0.3, -0.25) is 0 Å². The molecular weight excluding hydrogens is 358 g/mol. The first-order valence-corrected chi connectivity index (χ1v) is 8.91. The number of rotatable bonds is 4. The Balaban J connectivity index is 1.70. The van der Waals surface area contributed by atoms with E-state index in [9.17, 15) is 9.59 Å². The number of aryl methyl sites for hydroxylation is 1. The Bertz CT molecular complexity index is 1190. The van der Waals surface area contributed by atoms with Crippen LogP contribution in [-0.4, -0.2) is 32.5 Å². The lowest BCUT2D eigenvalue weighted by Crippen LogP contribution is -2.09. The van der Waals surface area contributed by atoms with Gasteiger partial charge in [-0.25, -0.2) is 14.6 Å². The molecule has 0 spiro atoms. The first-order valence-electron chi connectivity index (χ1n) is 8.91. The lowest BCUT2D eigenvalue weighted by molar-refractivity contribution is 0.0527. The fourth-order valence-corrected chi connectivity index (χ4v) is 3.27. The Labute approximate surface area is 161 Å². The minimum absolute atomic E-state index is 0.209. The molecule has 0 amide bonds. The molecule has 1 aromatic carbocycles. The van der Waals surface area contributed by atoms with Crippen LogP contribution in [0.3, 0.4) is 0 Å². The summed E-state index contributed by atoms with van der Waals surface area (Å²) in [6.45, 7) is 3.91. The molecule has 142 valence electrons. The van der Waals surface area contributed by atoms with E-state index < -0.39 is 11.9 Å². The molecule has 4 rings (SSSR count). The van der Waals surface area contributed by atoms with Gasteiger partial charge >= 0.3 is 11.9 Å².